The summed E-state index contributed by atoms with van der Waals surface area (Å²) < 4.78 is 10.7. The summed E-state index contributed by atoms with van der Waals surface area (Å²) >= 11 is 0. The Bertz CT molecular complexity index is 487. The van der Waals surface area contributed by atoms with Crippen molar-refractivity contribution in [3.8, 4) is 0 Å². The van der Waals surface area contributed by atoms with Gasteiger partial charge in [-0.15, -0.1) is 0 Å². The molecule has 0 heterocycles. The molecule has 1 unspecified atom stereocenters. The van der Waals surface area contributed by atoms with Crippen molar-refractivity contribution in [1.82, 2.24) is 10.6 Å². The molecule has 7 nitrogen and oxygen atoms in total. The third-order valence-corrected chi connectivity index (χ3v) is 5.27. The van der Waals surface area contributed by atoms with Crippen molar-refractivity contribution in [2.75, 3.05) is 33.0 Å². The lowest BCUT2D eigenvalue weighted by molar-refractivity contribution is -0.128. The van der Waals surface area contributed by atoms with Crippen molar-refractivity contribution in [2.24, 2.45) is 17.8 Å². The number of ether oxygens (including phenoxy) is 2. The molecule has 1 atom stereocenters. The highest BCUT2D eigenvalue weighted by Crippen LogP contribution is 2.27. The van der Waals surface area contributed by atoms with Gasteiger partial charge in [0.15, 0.2) is 0 Å². The lowest BCUT2D eigenvalue weighted by Crippen LogP contribution is -2.41. The maximum atomic E-state index is 12.0. The second-order valence-corrected chi connectivity index (χ2v) is 7.94. The molecule has 1 fully saturated rings. The van der Waals surface area contributed by atoms with Crippen LogP contribution in [0.25, 0.3) is 0 Å². The van der Waals surface area contributed by atoms with Crippen molar-refractivity contribution in [1.29, 1.82) is 0 Å². The molecule has 28 heavy (non-hydrogen) atoms. The standard InChI is InChI=1S/C21H38N2O5/c1-5-16(4)21(26)22-10-11-27-12-13-28-14-19(24)23-18-8-6-17(7-9-18)20(25)15(2)3/h15-18H,5-14H2,1-4H3,(H,22,26)(H,23,24). The fourth-order valence-electron chi connectivity index (χ4n) is 3.25. The first-order valence-electron chi connectivity index (χ1n) is 10.6. The smallest absolute Gasteiger partial charge is 0.246 e. The van der Waals surface area contributed by atoms with Gasteiger partial charge in [-0.05, 0) is 32.1 Å². The van der Waals surface area contributed by atoms with E-state index >= 15 is 0 Å². The number of hydrogen-bond acceptors (Lipinski definition) is 5. The van der Waals surface area contributed by atoms with Gasteiger partial charge in [-0.25, -0.2) is 0 Å². The van der Waals surface area contributed by atoms with Crippen LogP contribution in [0.15, 0.2) is 0 Å². The average molecular weight is 399 g/mol. The predicted octanol–water partition coefficient (Wildman–Crippen LogP) is 2.08. The van der Waals surface area contributed by atoms with Gasteiger partial charge in [0, 0.05) is 30.3 Å². The van der Waals surface area contributed by atoms with Gasteiger partial charge in [0.2, 0.25) is 11.8 Å². The lowest BCUT2D eigenvalue weighted by atomic mass is 9.80. The maximum Gasteiger partial charge on any atom is 0.246 e. The Labute approximate surface area is 169 Å². The van der Waals surface area contributed by atoms with E-state index in [-0.39, 0.29) is 42.2 Å². The molecule has 1 saturated carbocycles. The minimum atomic E-state index is -0.126. The number of carbonyl (C=O) groups is 3. The average Bonchev–Trinajstić information content (AvgIpc) is 2.68. The highest BCUT2D eigenvalue weighted by atomic mass is 16.5. The van der Waals surface area contributed by atoms with Crippen molar-refractivity contribution in [3.05, 3.63) is 0 Å². The van der Waals surface area contributed by atoms with Gasteiger partial charge in [0.1, 0.15) is 12.4 Å². The molecule has 162 valence electrons. The van der Waals surface area contributed by atoms with Crippen LogP contribution >= 0.6 is 0 Å². The number of amides is 2. The summed E-state index contributed by atoms with van der Waals surface area (Å²) in [7, 11) is 0. The van der Waals surface area contributed by atoms with Gasteiger partial charge >= 0.3 is 0 Å². The van der Waals surface area contributed by atoms with Gasteiger partial charge in [-0.1, -0.05) is 27.7 Å². The van der Waals surface area contributed by atoms with Crippen molar-refractivity contribution in [2.45, 2.75) is 65.8 Å². The third-order valence-electron chi connectivity index (χ3n) is 5.27. The van der Waals surface area contributed by atoms with Crippen LogP contribution in [-0.2, 0) is 23.9 Å². The van der Waals surface area contributed by atoms with Crippen molar-refractivity contribution >= 4 is 17.6 Å². The summed E-state index contributed by atoms with van der Waals surface area (Å²) in [5.41, 5.74) is 0. The van der Waals surface area contributed by atoms with Crippen LogP contribution in [0.1, 0.15) is 59.8 Å². The summed E-state index contributed by atoms with van der Waals surface area (Å²) in [5, 5.41) is 5.80. The van der Waals surface area contributed by atoms with Gasteiger partial charge in [-0.2, -0.15) is 0 Å². The van der Waals surface area contributed by atoms with Gasteiger partial charge < -0.3 is 20.1 Å². The van der Waals surface area contributed by atoms with E-state index in [1.165, 1.54) is 0 Å². The number of rotatable bonds is 13. The summed E-state index contributed by atoms with van der Waals surface area (Å²) in [6.07, 6.45) is 4.22. The zero-order valence-electron chi connectivity index (χ0n) is 17.9. The fraction of sp³-hybridized carbons (Fsp3) is 0.857. The number of nitrogens with one attached hydrogen (secondary N) is 2. The first-order valence-corrected chi connectivity index (χ1v) is 10.6. The molecule has 0 saturated heterocycles. The zero-order chi connectivity index (χ0) is 20.9. The lowest BCUT2D eigenvalue weighted by Gasteiger charge is -2.29. The van der Waals surface area contributed by atoms with Crippen LogP contribution < -0.4 is 10.6 Å². The van der Waals surface area contributed by atoms with E-state index in [2.05, 4.69) is 10.6 Å². The molecule has 0 spiro atoms. The first-order chi connectivity index (χ1) is 13.3. The number of carbonyl (C=O) groups excluding carboxylic acids is 3. The van der Waals surface area contributed by atoms with E-state index in [0.717, 1.165) is 32.1 Å². The summed E-state index contributed by atoms with van der Waals surface area (Å²) in [6.45, 7) is 9.40. The quantitative estimate of drug-likeness (QED) is 0.463. The molecule has 1 aliphatic carbocycles. The molecular weight excluding hydrogens is 360 g/mol. The Balaban J connectivity index is 2.00. The topological polar surface area (TPSA) is 93.7 Å². The molecule has 7 heteroatoms. The highest BCUT2D eigenvalue weighted by molar-refractivity contribution is 5.83. The summed E-state index contributed by atoms with van der Waals surface area (Å²) in [5.74, 6) is 0.515. The molecular formula is C21H38N2O5. The Kier molecular flexibility index (Phi) is 12.0. The summed E-state index contributed by atoms with van der Waals surface area (Å²) in [4.78, 5) is 35.6. The van der Waals surface area contributed by atoms with Crippen LogP contribution in [0, 0.1) is 17.8 Å². The van der Waals surface area contributed by atoms with Crippen molar-refractivity contribution < 1.29 is 23.9 Å². The third kappa shape index (κ3) is 9.64. The minimum Gasteiger partial charge on any atom is -0.377 e. The Hall–Kier alpha value is -1.47. The van der Waals surface area contributed by atoms with E-state index in [1.54, 1.807) is 0 Å². The molecule has 2 N–H and O–H groups in total. The molecule has 0 radical (unpaired) electrons. The van der Waals surface area contributed by atoms with E-state index in [4.69, 9.17) is 9.47 Å². The maximum absolute atomic E-state index is 12.0. The zero-order valence-corrected chi connectivity index (χ0v) is 17.9. The second kappa shape index (κ2) is 13.7. The Morgan fingerprint density at radius 3 is 2.21 bits per heavy atom. The molecule has 0 aromatic rings. The number of hydrogen-bond donors (Lipinski definition) is 2. The normalized spacial score (nSPS) is 20.6. The largest absolute Gasteiger partial charge is 0.377 e. The minimum absolute atomic E-state index is 0.0129. The molecule has 0 bridgehead atoms. The predicted molar refractivity (Wildman–Crippen MR) is 108 cm³/mol. The molecule has 0 aromatic carbocycles. The van der Waals surface area contributed by atoms with Gasteiger partial charge in [0.25, 0.3) is 0 Å². The van der Waals surface area contributed by atoms with Gasteiger partial charge in [0.05, 0.1) is 19.8 Å². The van der Waals surface area contributed by atoms with E-state index < -0.39 is 0 Å². The van der Waals surface area contributed by atoms with Crippen LogP contribution in [0.3, 0.4) is 0 Å². The molecule has 2 amide bonds. The van der Waals surface area contributed by atoms with Crippen LogP contribution in [-0.4, -0.2) is 56.6 Å². The van der Waals surface area contributed by atoms with E-state index in [1.807, 2.05) is 27.7 Å². The summed E-state index contributed by atoms with van der Waals surface area (Å²) in [6, 6.07) is 0.137. The van der Waals surface area contributed by atoms with Crippen molar-refractivity contribution in [3.63, 3.8) is 0 Å². The molecule has 1 rings (SSSR count). The number of Topliss-reactive ketones (excluding diaryl/α,β-unsaturated/α-hetero) is 1. The molecule has 1 aliphatic rings. The molecule has 0 aromatic heterocycles. The number of ketones is 1. The molecule has 0 aliphatic heterocycles. The Morgan fingerprint density at radius 2 is 1.61 bits per heavy atom. The van der Waals surface area contributed by atoms with E-state index in [0.29, 0.717) is 32.1 Å². The van der Waals surface area contributed by atoms with E-state index in [9.17, 15) is 14.4 Å². The second-order valence-electron chi connectivity index (χ2n) is 7.94. The fourth-order valence-corrected chi connectivity index (χ4v) is 3.25. The first kappa shape index (κ1) is 24.6. The van der Waals surface area contributed by atoms with Gasteiger partial charge in [-0.3, -0.25) is 14.4 Å². The van der Waals surface area contributed by atoms with Crippen LogP contribution in [0.4, 0.5) is 0 Å². The monoisotopic (exact) mass is 398 g/mol. The SMILES string of the molecule is CCC(C)C(=O)NCCOCCOCC(=O)NC1CCC(C(=O)C(C)C)CC1. The Morgan fingerprint density at radius 1 is 0.964 bits per heavy atom. The van der Waals surface area contributed by atoms with Crippen LogP contribution in [0.2, 0.25) is 0 Å². The highest BCUT2D eigenvalue weighted by Gasteiger charge is 2.28. The van der Waals surface area contributed by atoms with Crippen LogP contribution in [0.5, 0.6) is 0 Å².